The number of nitrogens with zero attached hydrogens (tertiary/aromatic N) is 10. The zero-order chi connectivity index (χ0) is 57.1. The van der Waals surface area contributed by atoms with Gasteiger partial charge in [0.1, 0.15) is 31.0 Å². The van der Waals surface area contributed by atoms with Crippen LogP contribution < -0.4 is 19.9 Å². The van der Waals surface area contributed by atoms with Crippen LogP contribution in [-0.4, -0.2) is 152 Å². The van der Waals surface area contributed by atoms with E-state index in [1.54, 1.807) is 22.3 Å². The number of benzene rings is 3. The van der Waals surface area contributed by atoms with E-state index in [0.29, 0.717) is 57.0 Å². The molecule has 83 heavy (non-hydrogen) atoms. The normalized spacial score (nSPS) is 23.4. The van der Waals surface area contributed by atoms with Crippen molar-refractivity contribution in [1.29, 1.82) is 0 Å². The minimum Gasteiger partial charge on any atom is -0.461 e. The molecule has 6 aliphatic rings. The molecule has 3 amide bonds. The number of aliphatic hydroxyl groups is 1. The number of piperazine rings is 1. The third-order valence-corrected chi connectivity index (χ3v) is 19.9. The molecule has 2 N–H and O–H groups in total. The van der Waals surface area contributed by atoms with Crippen LogP contribution in [0.5, 0.6) is 6.01 Å². The molecule has 5 saturated heterocycles. The van der Waals surface area contributed by atoms with Crippen LogP contribution in [0.3, 0.4) is 0 Å². The number of β-amino-alcohol motifs (C(OH)–C–C–N with tert-alkyl or cyclic N) is 1. The van der Waals surface area contributed by atoms with Crippen LogP contribution >= 0.6 is 11.3 Å². The molecule has 5 fully saturated rings. The summed E-state index contributed by atoms with van der Waals surface area (Å²) in [7, 11) is 0. The van der Waals surface area contributed by atoms with E-state index >= 15 is 0 Å². The zero-order valence-corrected chi connectivity index (χ0v) is 49.1. The number of hydrogen-bond acceptors (Lipinski definition) is 16. The Balaban J connectivity index is 0.629. The summed E-state index contributed by atoms with van der Waals surface area (Å²) < 4.78 is 18.9. The molecule has 0 spiro atoms. The van der Waals surface area contributed by atoms with E-state index in [9.17, 15) is 19.5 Å². The van der Waals surface area contributed by atoms with Crippen LogP contribution in [0.4, 0.5) is 16.4 Å². The number of aryl methyl sites for hydroxylation is 1. The zero-order valence-electron chi connectivity index (χ0n) is 48.3. The molecule has 0 saturated carbocycles. The van der Waals surface area contributed by atoms with Crippen LogP contribution in [0.2, 0.25) is 0 Å². The summed E-state index contributed by atoms with van der Waals surface area (Å²) in [5.74, 6) is 0.414. The summed E-state index contributed by atoms with van der Waals surface area (Å²) >= 11 is 1.59. The Hall–Kier alpha value is -7.22. The fourth-order valence-corrected chi connectivity index (χ4v) is 15.2. The maximum Gasteiger partial charge on any atom is 0.409 e. The predicted octanol–water partition coefficient (Wildman–Crippen LogP) is 10.0. The molecule has 1 aliphatic carbocycles. The smallest absolute Gasteiger partial charge is 0.409 e. The van der Waals surface area contributed by atoms with Gasteiger partial charge in [-0.15, -0.1) is 11.3 Å². The lowest BCUT2D eigenvalue weighted by Crippen LogP contribution is -2.50. The third kappa shape index (κ3) is 10.3. The first-order chi connectivity index (χ1) is 40.3. The quantitative estimate of drug-likeness (QED) is 0.104. The highest BCUT2D eigenvalue weighted by Gasteiger charge is 2.51. The standard InChI is InChI=1S/C64H75N11O7S/c1-38(2)53(61(78)74-34-46(76)31-50(74)60(77)67-40(4)42-17-19-44(20-18-42)58-41(5)66-37-83-58)51-32-52(70-82-51)71-27-29-73(30-28-71)63(79)80-35-45-21-23-64(22-12-26-75(45)64)36-81-62-68-57-49(59(69-62)72-24-8-6-7-9-25-72)33-65-56-48-16-11-14-43-13-10-15-47(55(43)48)39(3)54(56)57/h10-11,13-20,32-33,37-40,45-46,50,53,76H,6-9,12,21-31,34-36H2,1-5H3,(H,67,77)/t39?,40-,45?,46+,50-,53+,64-/m0/s1. The molecule has 2 unspecified atom stereocenters. The van der Waals surface area contributed by atoms with Gasteiger partial charge in [-0.25, -0.2) is 9.78 Å². The van der Waals surface area contributed by atoms with Gasteiger partial charge >= 0.3 is 12.1 Å². The number of rotatable bonds is 14. The Morgan fingerprint density at radius 2 is 1.67 bits per heavy atom. The molecule has 0 bridgehead atoms. The Morgan fingerprint density at radius 3 is 2.43 bits per heavy atom. The maximum absolute atomic E-state index is 14.5. The van der Waals surface area contributed by atoms with E-state index in [0.717, 1.165) is 113 Å². The van der Waals surface area contributed by atoms with E-state index in [-0.39, 0.29) is 60.3 Å². The first-order valence-electron chi connectivity index (χ1n) is 30.1. The van der Waals surface area contributed by atoms with Crippen LogP contribution in [-0.2, 0) is 14.3 Å². The number of hydrogen-bond donors (Lipinski definition) is 2. The van der Waals surface area contributed by atoms with Crippen molar-refractivity contribution < 1.29 is 33.5 Å². The Morgan fingerprint density at radius 1 is 0.892 bits per heavy atom. The van der Waals surface area contributed by atoms with Gasteiger partial charge in [0, 0.05) is 87.6 Å². The molecule has 13 rings (SSSR count). The molecule has 7 atom stereocenters. The van der Waals surface area contributed by atoms with Gasteiger partial charge in [-0.05, 0) is 92.3 Å². The van der Waals surface area contributed by atoms with Gasteiger partial charge in [0.25, 0.3) is 0 Å². The van der Waals surface area contributed by atoms with Gasteiger partial charge in [0.2, 0.25) is 11.8 Å². The van der Waals surface area contributed by atoms with Crippen molar-refractivity contribution in [2.24, 2.45) is 5.92 Å². The fraction of sp³-hybridized carbons (Fsp3) is 0.500. The molecule has 18 nitrogen and oxygen atoms in total. The first-order valence-corrected chi connectivity index (χ1v) is 31.0. The van der Waals surface area contributed by atoms with Crippen molar-refractivity contribution in [3.05, 3.63) is 107 Å². The van der Waals surface area contributed by atoms with Crippen LogP contribution in [0.25, 0.3) is 43.4 Å². The number of ether oxygens (including phenoxy) is 2. The maximum atomic E-state index is 14.5. The fourth-order valence-electron chi connectivity index (χ4n) is 14.4. The Labute approximate surface area is 488 Å². The van der Waals surface area contributed by atoms with Crippen molar-refractivity contribution in [3.8, 4) is 27.7 Å². The lowest BCUT2D eigenvalue weighted by Gasteiger charge is -2.36. The highest BCUT2D eigenvalue weighted by Crippen LogP contribution is 2.48. The number of aliphatic hydroxyl groups excluding tert-OH is 1. The van der Waals surface area contributed by atoms with Gasteiger partial charge in [-0.3, -0.25) is 19.5 Å². The van der Waals surface area contributed by atoms with Crippen LogP contribution in [0.15, 0.2) is 83.0 Å². The summed E-state index contributed by atoms with van der Waals surface area (Å²) in [4.78, 5) is 73.6. The van der Waals surface area contributed by atoms with Gasteiger partial charge in [0.05, 0.1) is 50.4 Å². The van der Waals surface area contributed by atoms with Crippen molar-refractivity contribution in [2.45, 2.75) is 134 Å². The highest BCUT2D eigenvalue weighted by atomic mass is 32.1. The molecule has 19 heteroatoms. The lowest BCUT2D eigenvalue weighted by molar-refractivity contribution is -0.141. The predicted molar refractivity (Wildman–Crippen MR) is 320 cm³/mol. The number of carbonyl (C=O) groups is 3. The number of anilines is 2. The van der Waals surface area contributed by atoms with E-state index in [1.807, 2.05) is 63.7 Å². The van der Waals surface area contributed by atoms with Gasteiger partial charge < -0.3 is 44.0 Å². The minimum absolute atomic E-state index is 0.0414. The second-order valence-electron chi connectivity index (χ2n) is 24.4. The summed E-state index contributed by atoms with van der Waals surface area (Å²) in [6, 6.07) is 22.2. The third-order valence-electron chi connectivity index (χ3n) is 18.9. The molecule has 0 radical (unpaired) electrons. The van der Waals surface area contributed by atoms with Crippen LogP contribution in [0.1, 0.15) is 132 Å². The summed E-state index contributed by atoms with van der Waals surface area (Å²) in [6.07, 6.45) is 9.46. The number of amides is 3. The number of thiazole rings is 1. The average molecular weight is 1140 g/mol. The largest absolute Gasteiger partial charge is 0.461 e. The van der Waals surface area contributed by atoms with Gasteiger partial charge in [0.15, 0.2) is 11.6 Å². The van der Waals surface area contributed by atoms with Crippen molar-refractivity contribution in [1.82, 2.24) is 45.1 Å². The molecule has 5 aliphatic heterocycles. The van der Waals surface area contributed by atoms with Gasteiger partial charge in [-0.1, -0.05) is 99.4 Å². The number of likely N-dealkylation sites (tertiary alicyclic amines) is 1. The second-order valence-corrected chi connectivity index (χ2v) is 25.2. The highest BCUT2D eigenvalue weighted by molar-refractivity contribution is 7.13. The lowest BCUT2D eigenvalue weighted by atomic mass is 9.79. The molecule has 3 aromatic carbocycles. The minimum atomic E-state index is -0.847. The van der Waals surface area contributed by atoms with Crippen LogP contribution in [0, 0.1) is 12.8 Å². The molecule has 434 valence electrons. The number of fused-ring (bicyclic) bond motifs is 5. The Bertz CT molecular complexity index is 3550. The van der Waals surface area contributed by atoms with E-state index < -0.39 is 18.1 Å². The number of nitrogens with one attached hydrogen (secondary N) is 1. The van der Waals surface area contributed by atoms with Gasteiger partial charge in [-0.2, -0.15) is 9.97 Å². The molecular formula is C64H75N11O7S. The average Bonchev–Trinajstić information content (AvgIpc) is 3.12. The molecule has 9 heterocycles. The summed E-state index contributed by atoms with van der Waals surface area (Å²) in [6.45, 7) is 15.5. The molecular weight excluding hydrogens is 1070 g/mol. The topological polar surface area (TPSA) is 196 Å². The molecule has 4 aromatic heterocycles. The number of aromatic nitrogens is 5. The van der Waals surface area contributed by atoms with Crippen molar-refractivity contribution in [3.63, 3.8) is 0 Å². The molecule has 7 aromatic rings. The Kier molecular flexibility index (Phi) is 15.1. The summed E-state index contributed by atoms with van der Waals surface area (Å²) in [5, 5.41) is 21.8. The van der Waals surface area contributed by atoms with E-state index in [2.05, 4.69) is 73.5 Å². The van der Waals surface area contributed by atoms with Crippen molar-refractivity contribution >= 4 is 62.6 Å². The number of pyridine rings is 1. The monoisotopic (exact) mass is 1140 g/mol. The number of carbonyl (C=O) groups excluding carboxylic acids is 3. The van der Waals surface area contributed by atoms with E-state index in [1.165, 1.54) is 34.1 Å². The first kappa shape index (κ1) is 55.0. The summed E-state index contributed by atoms with van der Waals surface area (Å²) in [5.41, 5.74) is 10.1. The van der Waals surface area contributed by atoms with Crippen molar-refractivity contribution in [2.75, 3.05) is 75.4 Å². The SMILES string of the molecule is Cc1ncsc1-c1ccc([C@H](C)NC(=O)[C@@H]2C[C@@H](O)CN2C(=O)[C@@H](c2cc(N3CCN(C(=O)OCC4CC[C@]5(COc6nc(N7CCCCCC7)c7cnc8c(c7n6)C(C)c6cccc7cccc-8c67)CCCN45)CC3)no2)C(C)C)cc1. The second kappa shape index (κ2) is 22.7. The van der Waals surface area contributed by atoms with E-state index in [4.69, 9.17) is 28.9 Å².